The van der Waals surface area contributed by atoms with Gasteiger partial charge in [0.1, 0.15) is 5.82 Å². The lowest BCUT2D eigenvalue weighted by Crippen LogP contribution is -2.52. The lowest BCUT2D eigenvalue weighted by atomic mass is 9.79. The number of hydrogen-bond acceptors (Lipinski definition) is 2. The second-order valence-corrected chi connectivity index (χ2v) is 6.25. The molecular formula is C14H21Cl2FN2. The number of halogens is 3. The van der Waals surface area contributed by atoms with E-state index < -0.39 is 0 Å². The van der Waals surface area contributed by atoms with Gasteiger partial charge >= 0.3 is 0 Å². The maximum Gasteiger partial charge on any atom is 0.142 e. The molecule has 2 nitrogen and oxygen atoms in total. The van der Waals surface area contributed by atoms with E-state index in [9.17, 15) is 4.39 Å². The Morgan fingerprint density at radius 3 is 2.74 bits per heavy atom. The Morgan fingerprint density at radius 1 is 1.47 bits per heavy atom. The highest BCUT2D eigenvalue weighted by atomic mass is 35.5. The summed E-state index contributed by atoms with van der Waals surface area (Å²) in [4.78, 5) is 2.33. The number of benzene rings is 1. The van der Waals surface area contributed by atoms with Crippen LogP contribution in [0.15, 0.2) is 18.2 Å². The predicted molar refractivity (Wildman–Crippen MR) is 80.3 cm³/mol. The van der Waals surface area contributed by atoms with E-state index in [1.54, 1.807) is 6.07 Å². The standard InChI is InChI=1S/C14H20ClFN2.ClH/c1-14(2)9-18(6-5-13(14)17)8-10-3-4-11(15)12(16)7-10;/h3-4,7,13H,5-6,8-9,17H2,1-2H3;1H. The molecule has 1 aromatic rings. The monoisotopic (exact) mass is 306 g/mol. The van der Waals surface area contributed by atoms with Crippen LogP contribution in [-0.2, 0) is 6.54 Å². The molecule has 0 aromatic heterocycles. The summed E-state index contributed by atoms with van der Waals surface area (Å²) in [6.07, 6.45) is 0.989. The molecule has 0 saturated carbocycles. The molecule has 1 unspecified atom stereocenters. The second-order valence-electron chi connectivity index (χ2n) is 5.84. The minimum Gasteiger partial charge on any atom is -0.327 e. The Morgan fingerprint density at radius 2 is 2.16 bits per heavy atom. The average molecular weight is 307 g/mol. The molecule has 2 N–H and O–H groups in total. The van der Waals surface area contributed by atoms with Gasteiger partial charge in [0, 0.05) is 25.7 Å². The highest BCUT2D eigenvalue weighted by Gasteiger charge is 2.33. The zero-order valence-corrected chi connectivity index (χ0v) is 12.9. The molecule has 0 radical (unpaired) electrons. The maximum atomic E-state index is 13.4. The maximum absolute atomic E-state index is 13.4. The van der Waals surface area contributed by atoms with E-state index in [1.807, 2.05) is 6.07 Å². The summed E-state index contributed by atoms with van der Waals surface area (Å²) in [6, 6.07) is 5.26. The van der Waals surface area contributed by atoms with Crippen LogP contribution in [0.5, 0.6) is 0 Å². The van der Waals surface area contributed by atoms with Gasteiger partial charge in [-0.05, 0) is 29.5 Å². The minimum absolute atomic E-state index is 0. The van der Waals surface area contributed by atoms with E-state index >= 15 is 0 Å². The molecule has 2 rings (SSSR count). The zero-order valence-electron chi connectivity index (χ0n) is 11.3. The van der Waals surface area contributed by atoms with Gasteiger partial charge in [-0.3, -0.25) is 4.90 Å². The summed E-state index contributed by atoms with van der Waals surface area (Å²) in [5.74, 6) is -0.345. The molecule has 1 aromatic carbocycles. The lowest BCUT2D eigenvalue weighted by Gasteiger charge is -2.42. The van der Waals surface area contributed by atoms with Crippen LogP contribution in [0.4, 0.5) is 4.39 Å². The van der Waals surface area contributed by atoms with Gasteiger partial charge in [0.2, 0.25) is 0 Å². The fraction of sp³-hybridized carbons (Fsp3) is 0.571. The van der Waals surface area contributed by atoms with Crippen molar-refractivity contribution in [3.63, 3.8) is 0 Å². The molecular weight excluding hydrogens is 286 g/mol. The van der Waals surface area contributed by atoms with Crippen LogP contribution in [0.2, 0.25) is 5.02 Å². The smallest absolute Gasteiger partial charge is 0.142 e. The second kappa shape index (κ2) is 6.40. The molecule has 1 fully saturated rings. The van der Waals surface area contributed by atoms with Crippen LogP contribution in [0, 0.1) is 11.2 Å². The molecule has 1 atom stereocenters. The molecule has 1 saturated heterocycles. The molecule has 0 bridgehead atoms. The third-order valence-electron chi connectivity index (χ3n) is 3.78. The largest absolute Gasteiger partial charge is 0.327 e. The van der Waals surface area contributed by atoms with Crippen LogP contribution in [0.1, 0.15) is 25.8 Å². The van der Waals surface area contributed by atoms with Gasteiger partial charge in [-0.1, -0.05) is 31.5 Å². The molecule has 1 aliphatic heterocycles. The number of likely N-dealkylation sites (tertiary alicyclic amines) is 1. The Labute approximate surface area is 125 Å². The van der Waals surface area contributed by atoms with Crippen LogP contribution in [0.25, 0.3) is 0 Å². The van der Waals surface area contributed by atoms with E-state index in [2.05, 4.69) is 18.7 Å². The van der Waals surface area contributed by atoms with Gasteiger partial charge in [0.25, 0.3) is 0 Å². The average Bonchev–Trinajstić information content (AvgIpc) is 2.28. The lowest BCUT2D eigenvalue weighted by molar-refractivity contribution is 0.0898. The molecule has 1 heterocycles. The predicted octanol–water partition coefficient (Wildman–Crippen LogP) is 3.46. The van der Waals surface area contributed by atoms with E-state index in [0.29, 0.717) is 0 Å². The van der Waals surface area contributed by atoms with Crippen molar-refractivity contribution in [3.8, 4) is 0 Å². The molecule has 1 aliphatic rings. The van der Waals surface area contributed by atoms with Crippen molar-refractivity contribution in [2.24, 2.45) is 11.1 Å². The highest BCUT2D eigenvalue weighted by molar-refractivity contribution is 6.30. The van der Waals surface area contributed by atoms with Gasteiger partial charge in [-0.2, -0.15) is 0 Å². The quantitative estimate of drug-likeness (QED) is 0.906. The first-order valence-corrected chi connectivity index (χ1v) is 6.68. The van der Waals surface area contributed by atoms with Gasteiger partial charge in [0.15, 0.2) is 0 Å². The SMILES string of the molecule is CC1(C)CN(Cc2ccc(Cl)c(F)c2)CCC1N.Cl. The van der Waals surface area contributed by atoms with Crippen LogP contribution >= 0.6 is 24.0 Å². The Hall–Kier alpha value is -0.350. The summed E-state index contributed by atoms with van der Waals surface area (Å²) in [6.45, 7) is 7.04. The van der Waals surface area contributed by atoms with Gasteiger partial charge < -0.3 is 5.73 Å². The Balaban J connectivity index is 0.00000180. The first kappa shape index (κ1) is 16.7. The van der Waals surface area contributed by atoms with Crippen molar-refractivity contribution >= 4 is 24.0 Å². The number of rotatable bonds is 2. The number of piperidine rings is 1. The van der Waals surface area contributed by atoms with Crippen LogP contribution in [0.3, 0.4) is 0 Å². The fourth-order valence-corrected chi connectivity index (χ4v) is 2.63. The zero-order chi connectivity index (χ0) is 13.3. The summed E-state index contributed by atoms with van der Waals surface area (Å²) in [7, 11) is 0. The molecule has 5 heteroatoms. The van der Waals surface area contributed by atoms with Crippen molar-refractivity contribution in [3.05, 3.63) is 34.6 Å². The normalized spacial score (nSPS) is 22.9. The van der Waals surface area contributed by atoms with E-state index in [-0.39, 0.29) is 34.7 Å². The van der Waals surface area contributed by atoms with Gasteiger partial charge in [0.05, 0.1) is 5.02 Å². The molecule has 19 heavy (non-hydrogen) atoms. The molecule has 0 spiro atoms. The summed E-state index contributed by atoms with van der Waals surface area (Å²) >= 11 is 5.68. The van der Waals surface area contributed by atoms with Crippen molar-refractivity contribution in [1.29, 1.82) is 0 Å². The topological polar surface area (TPSA) is 29.3 Å². The van der Waals surface area contributed by atoms with Crippen LogP contribution < -0.4 is 5.73 Å². The highest BCUT2D eigenvalue weighted by Crippen LogP contribution is 2.28. The van der Waals surface area contributed by atoms with Crippen molar-refractivity contribution in [1.82, 2.24) is 4.90 Å². The summed E-state index contributed by atoms with van der Waals surface area (Å²) < 4.78 is 13.4. The number of hydrogen-bond donors (Lipinski definition) is 1. The van der Waals surface area contributed by atoms with Gasteiger partial charge in [-0.25, -0.2) is 4.39 Å². The summed E-state index contributed by atoms with van der Waals surface area (Å²) in [5.41, 5.74) is 7.18. The first-order chi connectivity index (χ1) is 8.38. The third-order valence-corrected chi connectivity index (χ3v) is 4.09. The first-order valence-electron chi connectivity index (χ1n) is 6.30. The van der Waals surface area contributed by atoms with E-state index in [4.69, 9.17) is 17.3 Å². The number of nitrogens with zero attached hydrogens (tertiary/aromatic N) is 1. The Kier molecular flexibility index (Phi) is 5.63. The minimum atomic E-state index is -0.345. The van der Waals surface area contributed by atoms with Crippen molar-refractivity contribution in [2.45, 2.75) is 32.9 Å². The molecule has 0 aliphatic carbocycles. The third kappa shape index (κ3) is 4.06. The molecule has 108 valence electrons. The van der Waals surface area contributed by atoms with E-state index in [1.165, 1.54) is 6.07 Å². The van der Waals surface area contributed by atoms with E-state index in [0.717, 1.165) is 31.6 Å². The Bertz CT molecular complexity index is 437. The fourth-order valence-electron chi connectivity index (χ4n) is 2.52. The number of nitrogens with two attached hydrogens (primary N) is 1. The molecule has 0 amide bonds. The van der Waals surface area contributed by atoms with Crippen molar-refractivity contribution in [2.75, 3.05) is 13.1 Å². The summed E-state index contributed by atoms with van der Waals surface area (Å²) in [5, 5.41) is 0.180. The van der Waals surface area contributed by atoms with Gasteiger partial charge in [-0.15, -0.1) is 12.4 Å². The van der Waals surface area contributed by atoms with Crippen LogP contribution in [-0.4, -0.2) is 24.0 Å². The van der Waals surface area contributed by atoms with Crippen molar-refractivity contribution < 1.29 is 4.39 Å².